The molecule has 7 nitrogen and oxygen atoms in total. The molecule has 0 bridgehead atoms. The van der Waals surface area contributed by atoms with E-state index in [2.05, 4.69) is 20.8 Å². The number of nitrogens with zero attached hydrogens (tertiary/aromatic N) is 2. The number of carbonyl (C=O) groups excluding carboxylic acids is 1. The topological polar surface area (TPSA) is 85.4 Å². The van der Waals surface area contributed by atoms with E-state index in [-0.39, 0.29) is 6.10 Å². The van der Waals surface area contributed by atoms with Crippen molar-refractivity contribution >= 4 is 23.4 Å². The molecule has 122 valence electrons. The van der Waals surface area contributed by atoms with Gasteiger partial charge < -0.3 is 14.8 Å². The molecule has 1 aromatic carbocycles. The molecule has 2 aromatic rings. The van der Waals surface area contributed by atoms with Gasteiger partial charge in [0.25, 0.3) is 0 Å². The first-order chi connectivity index (χ1) is 11.1. The van der Waals surface area contributed by atoms with Gasteiger partial charge in [0.05, 0.1) is 12.7 Å². The zero-order chi connectivity index (χ0) is 16.7. The maximum atomic E-state index is 11.3. The van der Waals surface area contributed by atoms with Crippen molar-refractivity contribution < 1.29 is 14.3 Å². The number of aromatic nitrogens is 2. The van der Waals surface area contributed by atoms with Gasteiger partial charge in [0.15, 0.2) is 11.6 Å². The quantitative estimate of drug-likeness (QED) is 0.847. The maximum Gasteiger partial charge on any atom is 0.412 e. The van der Waals surface area contributed by atoms with Crippen LogP contribution in [0.2, 0.25) is 0 Å². The number of amides is 1. The maximum absolute atomic E-state index is 11.3. The van der Waals surface area contributed by atoms with Gasteiger partial charge in [-0.3, -0.25) is 5.32 Å². The molecule has 0 aliphatic rings. The van der Waals surface area contributed by atoms with Gasteiger partial charge in [-0.05, 0) is 57.2 Å². The lowest BCUT2D eigenvalue weighted by atomic mass is 10.3. The molecule has 0 radical (unpaired) electrons. The molecule has 0 fully saturated rings. The summed E-state index contributed by atoms with van der Waals surface area (Å²) >= 11 is 0. The summed E-state index contributed by atoms with van der Waals surface area (Å²) in [4.78, 5) is 11.3. The van der Waals surface area contributed by atoms with Crippen LogP contribution in [-0.2, 0) is 4.74 Å². The molecule has 7 heteroatoms. The second-order valence-electron chi connectivity index (χ2n) is 4.97. The van der Waals surface area contributed by atoms with E-state index in [1.54, 1.807) is 19.1 Å². The van der Waals surface area contributed by atoms with Crippen molar-refractivity contribution in [1.29, 1.82) is 0 Å². The van der Waals surface area contributed by atoms with Crippen molar-refractivity contribution in [2.24, 2.45) is 0 Å². The highest BCUT2D eigenvalue weighted by atomic mass is 16.5. The molecule has 0 spiro atoms. The molecule has 23 heavy (non-hydrogen) atoms. The third kappa shape index (κ3) is 5.46. The number of ether oxygens (including phenoxy) is 2. The van der Waals surface area contributed by atoms with E-state index < -0.39 is 6.09 Å². The van der Waals surface area contributed by atoms with Gasteiger partial charge in [0, 0.05) is 5.69 Å². The first-order valence-corrected chi connectivity index (χ1v) is 7.38. The Morgan fingerprint density at radius 2 is 1.74 bits per heavy atom. The molecule has 0 unspecified atom stereocenters. The lowest BCUT2D eigenvalue weighted by Gasteiger charge is -2.11. The third-order valence-corrected chi connectivity index (χ3v) is 2.67. The van der Waals surface area contributed by atoms with Gasteiger partial charge in [0.1, 0.15) is 5.75 Å². The Morgan fingerprint density at radius 3 is 2.30 bits per heavy atom. The molecule has 0 saturated heterocycles. The van der Waals surface area contributed by atoms with Crippen LogP contribution >= 0.6 is 0 Å². The van der Waals surface area contributed by atoms with E-state index in [0.717, 1.165) is 11.4 Å². The molecule has 0 aliphatic heterocycles. The number of hydrogen-bond acceptors (Lipinski definition) is 6. The largest absolute Gasteiger partial charge is 0.491 e. The van der Waals surface area contributed by atoms with Crippen LogP contribution < -0.4 is 15.4 Å². The van der Waals surface area contributed by atoms with Crippen LogP contribution in [0.4, 0.5) is 22.1 Å². The first kappa shape index (κ1) is 16.5. The molecular formula is C16H20N4O3. The van der Waals surface area contributed by atoms with Gasteiger partial charge >= 0.3 is 6.09 Å². The molecular weight excluding hydrogens is 296 g/mol. The normalized spacial score (nSPS) is 10.3. The van der Waals surface area contributed by atoms with E-state index in [1.807, 2.05) is 38.1 Å². The smallest absolute Gasteiger partial charge is 0.412 e. The fourth-order valence-electron chi connectivity index (χ4n) is 1.77. The van der Waals surface area contributed by atoms with Crippen LogP contribution in [0.15, 0.2) is 36.4 Å². The minimum Gasteiger partial charge on any atom is -0.491 e. The van der Waals surface area contributed by atoms with E-state index in [9.17, 15) is 4.79 Å². The zero-order valence-electron chi connectivity index (χ0n) is 13.4. The van der Waals surface area contributed by atoms with Crippen LogP contribution in [0.1, 0.15) is 20.8 Å². The van der Waals surface area contributed by atoms with Gasteiger partial charge in [-0.1, -0.05) is 0 Å². The van der Waals surface area contributed by atoms with Crippen LogP contribution in [0, 0.1) is 0 Å². The summed E-state index contributed by atoms with van der Waals surface area (Å²) in [5.41, 5.74) is 0.863. The molecule has 0 aliphatic carbocycles. The summed E-state index contributed by atoms with van der Waals surface area (Å²) in [7, 11) is 0. The fraction of sp³-hybridized carbons (Fsp3) is 0.312. The van der Waals surface area contributed by atoms with Gasteiger partial charge in [-0.25, -0.2) is 4.79 Å². The standard InChI is InChI=1S/C16H20N4O3/c1-4-22-16(21)18-15-10-9-14(19-20-15)17-12-5-7-13(8-6-12)23-11(2)3/h5-11H,4H2,1-3H3,(H,17,19)(H,18,20,21). The molecule has 2 rings (SSSR count). The highest BCUT2D eigenvalue weighted by Crippen LogP contribution is 2.19. The SMILES string of the molecule is CCOC(=O)Nc1ccc(Nc2ccc(OC(C)C)cc2)nn1. The van der Waals surface area contributed by atoms with E-state index in [1.165, 1.54) is 0 Å². The predicted octanol–water partition coefficient (Wildman–Crippen LogP) is 3.58. The van der Waals surface area contributed by atoms with Crippen molar-refractivity contribution in [3.63, 3.8) is 0 Å². The van der Waals surface area contributed by atoms with Gasteiger partial charge in [0.2, 0.25) is 0 Å². The summed E-state index contributed by atoms with van der Waals surface area (Å²) in [5.74, 6) is 1.71. The Hall–Kier alpha value is -2.83. The molecule has 2 N–H and O–H groups in total. The van der Waals surface area contributed by atoms with Crippen LogP contribution in [-0.4, -0.2) is 29.0 Å². The van der Waals surface area contributed by atoms with E-state index >= 15 is 0 Å². The average Bonchev–Trinajstić information content (AvgIpc) is 2.51. The summed E-state index contributed by atoms with van der Waals surface area (Å²) in [6.45, 7) is 5.99. The predicted molar refractivity (Wildman–Crippen MR) is 88.2 cm³/mol. The Kier molecular flexibility index (Phi) is 5.74. The second kappa shape index (κ2) is 7.98. The second-order valence-corrected chi connectivity index (χ2v) is 4.97. The van der Waals surface area contributed by atoms with Crippen LogP contribution in [0.5, 0.6) is 5.75 Å². The number of rotatable bonds is 6. The molecule has 1 heterocycles. The Balaban J connectivity index is 1.94. The number of anilines is 3. The van der Waals surface area contributed by atoms with E-state index in [0.29, 0.717) is 18.2 Å². The number of nitrogens with one attached hydrogen (secondary N) is 2. The van der Waals surface area contributed by atoms with Crippen molar-refractivity contribution in [1.82, 2.24) is 10.2 Å². The van der Waals surface area contributed by atoms with E-state index in [4.69, 9.17) is 9.47 Å². The minimum absolute atomic E-state index is 0.138. The van der Waals surface area contributed by atoms with Gasteiger partial charge in [-0.15, -0.1) is 10.2 Å². The Bertz CT molecular complexity index is 627. The average molecular weight is 316 g/mol. The Labute approximate surface area is 135 Å². The highest BCUT2D eigenvalue weighted by molar-refractivity contribution is 5.83. The number of benzene rings is 1. The monoisotopic (exact) mass is 316 g/mol. The number of hydrogen-bond donors (Lipinski definition) is 2. The summed E-state index contributed by atoms with van der Waals surface area (Å²) in [6.07, 6.45) is -0.414. The van der Waals surface area contributed by atoms with Crippen LogP contribution in [0.3, 0.4) is 0 Å². The first-order valence-electron chi connectivity index (χ1n) is 7.38. The van der Waals surface area contributed by atoms with Crippen molar-refractivity contribution in [2.45, 2.75) is 26.9 Å². The Morgan fingerprint density at radius 1 is 1.09 bits per heavy atom. The summed E-state index contributed by atoms with van der Waals surface area (Å²) < 4.78 is 10.3. The van der Waals surface area contributed by atoms with Crippen molar-refractivity contribution in [3.05, 3.63) is 36.4 Å². The third-order valence-electron chi connectivity index (χ3n) is 2.67. The summed E-state index contributed by atoms with van der Waals surface area (Å²) in [5, 5.41) is 13.5. The molecule has 1 amide bonds. The summed E-state index contributed by atoms with van der Waals surface area (Å²) in [6, 6.07) is 10.9. The lowest BCUT2D eigenvalue weighted by Crippen LogP contribution is -2.14. The zero-order valence-corrected chi connectivity index (χ0v) is 13.4. The molecule has 1 aromatic heterocycles. The van der Waals surface area contributed by atoms with Crippen molar-refractivity contribution in [2.75, 3.05) is 17.2 Å². The van der Waals surface area contributed by atoms with Gasteiger partial charge in [-0.2, -0.15) is 0 Å². The molecule has 0 atom stereocenters. The highest BCUT2D eigenvalue weighted by Gasteiger charge is 2.04. The fourth-order valence-corrected chi connectivity index (χ4v) is 1.77. The minimum atomic E-state index is -0.553. The lowest BCUT2D eigenvalue weighted by molar-refractivity contribution is 0.168. The van der Waals surface area contributed by atoms with Crippen molar-refractivity contribution in [3.8, 4) is 5.75 Å². The molecule has 0 saturated carbocycles. The number of carbonyl (C=O) groups is 1. The van der Waals surface area contributed by atoms with Crippen LogP contribution in [0.25, 0.3) is 0 Å².